The van der Waals surface area contributed by atoms with Crippen molar-refractivity contribution in [2.24, 2.45) is 0 Å². The molecule has 6 heteroatoms. The molecule has 5 nitrogen and oxygen atoms in total. The van der Waals surface area contributed by atoms with Gasteiger partial charge in [0.15, 0.2) is 0 Å². The highest BCUT2D eigenvalue weighted by Crippen LogP contribution is 2.15. The fourth-order valence-corrected chi connectivity index (χ4v) is 3.35. The molecule has 108 valence electrons. The Hall–Kier alpha value is 0.0169. The van der Waals surface area contributed by atoms with Gasteiger partial charge in [-0.05, 0) is 19.8 Å². The predicted octanol–water partition coefficient (Wildman–Crippen LogP) is 1.84. The van der Waals surface area contributed by atoms with Crippen LogP contribution in [0.2, 0.25) is 6.04 Å². The molecular formula is C12H26O5Si. The van der Waals surface area contributed by atoms with Crippen molar-refractivity contribution in [3.05, 3.63) is 0 Å². The second-order valence-corrected chi connectivity index (χ2v) is 7.71. The van der Waals surface area contributed by atoms with Crippen molar-refractivity contribution in [2.75, 3.05) is 34.0 Å². The van der Waals surface area contributed by atoms with Crippen LogP contribution in [0.25, 0.3) is 0 Å². The summed E-state index contributed by atoms with van der Waals surface area (Å²) in [6, 6.07) is 0.797. The van der Waals surface area contributed by atoms with Gasteiger partial charge in [-0.2, -0.15) is 0 Å². The van der Waals surface area contributed by atoms with Crippen molar-refractivity contribution in [3.8, 4) is 0 Å². The fraction of sp³-hybridized carbons (Fsp3) is 1.00. The molecule has 0 aromatic rings. The highest BCUT2D eigenvalue weighted by Gasteiger charge is 2.36. The zero-order valence-electron chi connectivity index (χ0n) is 11.9. The van der Waals surface area contributed by atoms with Gasteiger partial charge in [0.2, 0.25) is 0 Å². The van der Waals surface area contributed by atoms with Crippen LogP contribution in [0.4, 0.5) is 0 Å². The molecule has 1 saturated heterocycles. The lowest BCUT2D eigenvalue weighted by Gasteiger charge is -2.25. The van der Waals surface area contributed by atoms with Crippen LogP contribution in [0.3, 0.4) is 0 Å². The maximum Gasteiger partial charge on any atom is 0.500 e. The van der Waals surface area contributed by atoms with E-state index in [1.807, 2.05) is 6.92 Å². The highest BCUT2D eigenvalue weighted by molar-refractivity contribution is 6.60. The Morgan fingerprint density at radius 2 is 2.00 bits per heavy atom. The summed E-state index contributed by atoms with van der Waals surface area (Å²) in [7, 11) is 0.930. The third-order valence-corrected chi connectivity index (χ3v) is 5.85. The van der Waals surface area contributed by atoms with Crippen molar-refractivity contribution in [1.82, 2.24) is 0 Å². The van der Waals surface area contributed by atoms with Gasteiger partial charge in [0.05, 0.1) is 19.3 Å². The molecular weight excluding hydrogens is 252 g/mol. The van der Waals surface area contributed by atoms with E-state index < -0.39 is 8.80 Å². The van der Waals surface area contributed by atoms with Crippen LogP contribution in [0, 0.1) is 0 Å². The van der Waals surface area contributed by atoms with E-state index in [1.165, 1.54) is 0 Å². The summed E-state index contributed by atoms with van der Waals surface area (Å²) in [6.45, 7) is 6.34. The zero-order valence-corrected chi connectivity index (χ0v) is 12.9. The minimum atomic E-state index is -2.38. The molecule has 0 saturated carbocycles. The van der Waals surface area contributed by atoms with E-state index in [1.54, 1.807) is 14.2 Å². The first-order valence-electron chi connectivity index (χ1n) is 6.63. The standard InChI is InChI=1S/C12H26O5Si/c1-5-18(13-3,14-4)17-8-6-7-11(2)15-9-12-10-16-12/h11-12H,5-10H2,1-4H3. The molecule has 1 fully saturated rings. The summed E-state index contributed by atoms with van der Waals surface area (Å²) < 4.78 is 27.3. The van der Waals surface area contributed by atoms with Crippen LogP contribution in [0.15, 0.2) is 0 Å². The number of hydrogen-bond donors (Lipinski definition) is 0. The summed E-state index contributed by atoms with van der Waals surface area (Å²) >= 11 is 0. The monoisotopic (exact) mass is 278 g/mol. The Morgan fingerprint density at radius 3 is 2.50 bits per heavy atom. The predicted molar refractivity (Wildman–Crippen MR) is 70.6 cm³/mol. The van der Waals surface area contributed by atoms with Crippen molar-refractivity contribution < 1.29 is 22.8 Å². The number of ether oxygens (including phenoxy) is 2. The number of epoxide rings is 1. The van der Waals surface area contributed by atoms with E-state index in [9.17, 15) is 0 Å². The summed E-state index contributed by atoms with van der Waals surface area (Å²) in [4.78, 5) is 0. The van der Waals surface area contributed by atoms with Gasteiger partial charge in [-0.1, -0.05) is 6.92 Å². The lowest BCUT2D eigenvalue weighted by atomic mass is 10.2. The Kier molecular flexibility index (Phi) is 7.36. The molecule has 1 aliphatic rings. The molecule has 0 aliphatic carbocycles. The summed E-state index contributed by atoms with van der Waals surface area (Å²) in [6.07, 6.45) is 2.52. The van der Waals surface area contributed by atoms with Crippen LogP contribution < -0.4 is 0 Å². The van der Waals surface area contributed by atoms with Gasteiger partial charge in [0, 0.05) is 26.9 Å². The molecule has 0 N–H and O–H groups in total. The molecule has 18 heavy (non-hydrogen) atoms. The van der Waals surface area contributed by atoms with Crippen LogP contribution in [0.1, 0.15) is 26.7 Å². The van der Waals surface area contributed by atoms with Gasteiger partial charge in [-0.3, -0.25) is 0 Å². The minimum Gasteiger partial charge on any atom is -0.377 e. The first kappa shape index (κ1) is 16.1. The Morgan fingerprint density at radius 1 is 1.33 bits per heavy atom. The molecule has 2 unspecified atom stereocenters. The van der Waals surface area contributed by atoms with Crippen LogP contribution in [0.5, 0.6) is 0 Å². The van der Waals surface area contributed by atoms with Crippen molar-refractivity contribution >= 4 is 8.80 Å². The Bertz CT molecular complexity index is 210. The van der Waals surface area contributed by atoms with Gasteiger partial charge >= 0.3 is 8.80 Å². The zero-order chi connectivity index (χ0) is 13.4. The van der Waals surface area contributed by atoms with E-state index in [2.05, 4.69) is 6.92 Å². The van der Waals surface area contributed by atoms with Crippen molar-refractivity contribution in [3.63, 3.8) is 0 Å². The van der Waals surface area contributed by atoms with Gasteiger partial charge in [0.25, 0.3) is 0 Å². The first-order valence-corrected chi connectivity index (χ1v) is 8.56. The molecule has 0 spiro atoms. The SMILES string of the molecule is CC[Si](OC)(OC)OCCCC(C)OCC1CO1. The molecule has 0 bridgehead atoms. The maximum atomic E-state index is 5.78. The topological polar surface area (TPSA) is 49.5 Å². The van der Waals surface area contributed by atoms with Crippen molar-refractivity contribution in [2.45, 2.75) is 44.9 Å². The first-order chi connectivity index (χ1) is 8.65. The van der Waals surface area contributed by atoms with Crippen LogP contribution >= 0.6 is 0 Å². The van der Waals surface area contributed by atoms with E-state index in [4.69, 9.17) is 22.8 Å². The lowest BCUT2D eigenvalue weighted by Crippen LogP contribution is -2.43. The third-order valence-electron chi connectivity index (χ3n) is 3.10. The molecule has 0 aromatic heterocycles. The number of rotatable bonds is 11. The normalized spacial score (nSPS) is 21.0. The lowest BCUT2D eigenvalue weighted by molar-refractivity contribution is 0.0407. The number of hydrogen-bond acceptors (Lipinski definition) is 5. The summed E-state index contributed by atoms with van der Waals surface area (Å²) in [5, 5.41) is 0. The Labute approximate surface area is 111 Å². The molecule has 0 radical (unpaired) electrons. The van der Waals surface area contributed by atoms with Crippen molar-refractivity contribution in [1.29, 1.82) is 0 Å². The van der Waals surface area contributed by atoms with Gasteiger partial charge in [-0.25, -0.2) is 0 Å². The van der Waals surface area contributed by atoms with Gasteiger partial charge < -0.3 is 22.8 Å². The van der Waals surface area contributed by atoms with Crippen LogP contribution in [-0.2, 0) is 22.8 Å². The maximum absolute atomic E-state index is 5.78. The van der Waals surface area contributed by atoms with Crippen LogP contribution in [-0.4, -0.2) is 55.1 Å². The average Bonchev–Trinajstić information content (AvgIpc) is 3.21. The van der Waals surface area contributed by atoms with E-state index >= 15 is 0 Å². The third kappa shape index (κ3) is 5.77. The molecule has 0 amide bonds. The second kappa shape index (κ2) is 8.24. The van der Waals surface area contributed by atoms with E-state index in [0.717, 1.165) is 25.5 Å². The summed E-state index contributed by atoms with van der Waals surface area (Å²) in [5.74, 6) is 0. The van der Waals surface area contributed by atoms with Gasteiger partial charge in [-0.15, -0.1) is 0 Å². The average molecular weight is 278 g/mol. The molecule has 1 aliphatic heterocycles. The van der Waals surface area contributed by atoms with E-state index in [0.29, 0.717) is 19.3 Å². The minimum absolute atomic E-state index is 0.251. The highest BCUT2D eigenvalue weighted by atomic mass is 28.4. The smallest absolute Gasteiger partial charge is 0.377 e. The second-order valence-electron chi connectivity index (χ2n) is 4.53. The van der Waals surface area contributed by atoms with Gasteiger partial charge in [0.1, 0.15) is 6.10 Å². The molecule has 1 heterocycles. The molecule has 1 rings (SSSR count). The summed E-state index contributed by atoms with van der Waals surface area (Å²) in [5.41, 5.74) is 0. The molecule has 0 aromatic carbocycles. The largest absolute Gasteiger partial charge is 0.500 e. The quantitative estimate of drug-likeness (QED) is 0.328. The van der Waals surface area contributed by atoms with E-state index in [-0.39, 0.29) is 6.10 Å². The Balaban J connectivity index is 2.04. The molecule has 2 atom stereocenters. The fourth-order valence-electron chi connectivity index (χ4n) is 1.71.